The Kier molecular flexibility index (Phi) is 7.47. The number of nitrogens with one attached hydrogen (secondary N) is 1. The molecule has 6 nitrogen and oxygen atoms in total. The monoisotopic (exact) mass is 411 g/mol. The molecule has 0 amide bonds. The molecule has 2 aromatic carbocycles. The van der Waals surface area contributed by atoms with Gasteiger partial charge in [0.2, 0.25) is 5.13 Å². The minimum atomic E-state index is 0.449. The van der Waals surface area contributed by atoms with Crippen LogP contribution in [0.2, 0.25) is 0 Å². The molecule has 0 aliphatic carbocycles. The van der Waals surface area contributed by atoms with Crippen molar-refractivity contribution in [1.29, 1.82) is 0 Å². The van der Waals surface area contributed by atoms with Gasteiger partial charge in [0.15, 0.2) is 11.5 Å². The quantitative estimate of drug-likeness (QED) is 0.363. The van der Waals surface area contributed by atoms with Gasteiger partial charge in [-0.05, 0) is 68.3 Å². The number of aromatic nitrogens is 1. The molecule has 0 fully saturated rings. The Morgan fingerprint density at radius 2 is 1.76 bits per heavy atom. The van der Waals surface area contributed by atoms with Crippen LogP contribution >= 0.6 is 11.3 Å². The van der Waals surface area contributed by atoms with E-state index >= 15 is 0 Å². The van der Waals surface area contributed by atoms with Crippen LogP contribution in [0.25, 0.3) is 0 Å². The second-order valence-electron chi connectivity index (χ2n) is 6.17. The standard InChI is InChI=1S/C22H25N3O3S/c1-4-26-20-11-8-18(12-21(20)27-5-2)14-28-19-9-6-17(7-10-19)13-23-25-22-24-16(3)15-29-22/h6-13,15H,4-5,14H2,1-3H3,(H,24,25). The van der Waals surface area contributed by atoms with Crippen molar-refractivity contribution in [2.75, 3.05) is 18.6 Å². The van der Waals surface area contributed by atoms with Gasteiger partial charge in [0.1, 0.15) is 12.4 Å². The van der Waals surface area contributed by atoms with Gasteiger partial charge in [0.05, 0.1) is 25.1 Å². The summed E-state index contributed by atoms with van der Waals surface area (Å²) in [6, 6.07) is 13.6. The van der Waals surface area contributed by atoms with Gasteiger partial charge in [0.25, 0.3) is 0 Å². The number of nitrogens with zero attached hydrogens (tertiary/aromatic N) is 2. The van der Waals surface area contributed by atoms with E-state index in [1.807, 2.05) is 68.6 Å². The van der Waals surface area contributed by atoms with E-state index < -0.39 is 0 Å². The van der Waals surface area contributed by atoms with Crippen molar-refractivity contribution in [2.45, 2.75) is 27.4 Å². The van der Waals surface area contributed by atoms with Gasteiger partial charge >= 0.3 is 0 Å². The summed E-state index contributed by atoms with van der Waals surface area (Å²) >= 11 is 1.53. The van der Waals surface area contributed by atoms with E-state index in [1.165, 1.54) is 11.3 Å². The molecule has 0 aliphatic heterocycles. The van der Waals surface area contributed by atoms with E-state index in [0.29, 0.717) is 19.8 Å². The highest BCUT2D eigenvalue weighted by Crippen LogP contribution is 2.29. The first-order chi connectivity index (χ1) is 14.2. The first kappa shape index (κ1) is 20.7. The second-order valence-corrected chi connectivity index (χ2v) is 7.03. The predicted octanol–water partition coefficient (Wildman–Crippen LogP) is 5.27. The summed E-state index contributed by atoms with van der Waals surface area (Å²) in [4.78, 5) is 4.30. The van der Waals surface area contributed by atoms with Gasteiger partial charge in [-0.2, -0.15) is 5.10 Å². The molecule has 0 unspecified atom stereocenters. The van der Waals surface area contributed by atoms with E-state index in [4.69, 9.17) is 14.2 Å². The van der Waals surface area contributed by atoms with Crippen molar-refractivity contribution >= 4 is 22.7 Å². The number of hydrogen-bond donors (Lipinski definition) is 1. The Morgan fingerprint density at radius 1 is 1.00 bits per heavy atom. The zero-order valence-electron chi connectivity index (χ0n) is 16.8. The maximum Gasteiger partial charge on any atom is 0.203 e. The number of anilines is 1. The fourth-order valence-corrected chi connectivity index (χ4v) is 3.21. The molecule has 3 rings (SSSR count). The first-order valence-corrected chi connectivity index (χ1v) is 10.4. The Balaban J connectivity index is 1.55. The van der Waals surface area contributed by atoms with Crippen molar-refractivity contribution in [1.82, 2.24) is 4.98 Å². The molecule has 152 valence electrons. The summed E-state index contributed by atoms with van der Waals surface area (Å²) < 4.78 is 17.2. The maximum absolute atomic E-state index is 5.89. The predicted molar refractivity (Wildman–Crippen MR) is 118 cm³/mol. The normalized spacial score (nSPS) is 10.9. The van der Waals surface area contributed by atoms with Crippen LogP contribution in [0.15, 0.2) is 52.9 Å². The molecule has 0 aliphatic rings. The summed E-state index contributed by atoms with van der Waals surface area (Å²) in [5.41, 5.74) is 5.90. The summed E-state index contributed by atoms with van der Waals surface area (Å²) in [6.07, 6.45) is 1.75. The van der Waals surface area contributed by atoms with Gasteiger partial charge in [-0.25, -0.2) is 4.98 Å². The van der Waals surface area contributed by atoms with Gasteiger partial charge in [-0.1, -0.05) is 6.07 Å². The molecule has 0 atom stereocenters. The third-order valence-corrected chi connectivity index (χ3v) is 4.75. The van der Waals surface area contributed by atoms with Crippen molar-refractivity contribution in [3.05, 3.63) is 64.7 Å². The van der Waals surface area contributed by atoms with Crippen LogP contribution in [-0.4, -0.2) is 24.4 Å². The lowest BCUT2D eigenvalue weighted by atomic mass is 10.2. The van der Waals surface area contributed by atoms with E-state index in [-0.39, 0.29) is 0 Å². The Morgan fingerprint density at radius 3 is 2.45 bits per heavy atom. The smallest absolute Gasteiger partial charge is 0.203 e. The average Bonchev–Trinajstić information content (AvgIpc) is 3.14. The fourth-order valence-electron chi connectivity index (χ4n) is 2.57. The van der Waals surface area contributed by atoms with Crippen LogP contribution in [0, 0.1) is 6.92 Å². The van der Waals surface area contributed by atoms with Gasteiger partial charge in [-0.15, -0.1) is 11.3 Å². The zero-order valence-corrected chi connectivity index (χ0v) is 17.7. The lowest BCUT2D eigenvalue weighted by molar-refractivity contribution is 0.283. The summed E-state index contributed by atoms with van der Waals surface area (Å²) in [7, 11) is 0. The summed E-state index contributed by atoms with van der Waals surface area (Å²) in [5, 5.41) is 6.96. The highest BCUT2D eigenvalue weighted by Gasteiger charge is 2.07. The van der Waals surface area contributed by atoms with Crippen LogP contribution in [0.4, 0.5) is 5.13 Å². The second kappa shape index (κ2) is 10.5. The molecule has 0 saturated carbocycles. The number of thiazole rings is 1. The van der Waals surface area contributed by atoms with E-state index in [2.05, 4.69) is 15.5 Å². The number of rotatable bonds is 10. The molecule has 29 heavy (non-hydrogen) atoms. The third kappa shape index (κ3) is 6.22. The number of benzene rings is 2. The lowest BCUT2D eigenvalue weighted by Gasteiger charge is -2.13. The van der Waals surface area contributed by atoms with Gasteiger partial charge in [-0.3, -0.25) is 5.43 Å². The van der Waals surface area contributed by atoms with Crippen LogP contribution in [-0.2, 0) is 6.61 Å². The third-order valence-electron chi connectivity index (χ3n) is 3.89. The Labute approximate surface area is 175 Å². The molecule has 1 N–H and O–H groups in total. The molecule has 7 heteroatoms. The molecule has 0 saturated heterocycles. The summed E-state index contributed by atoms with van der Waals surface area (Å²) in [6.45, 7) is 7.50. The summed E-state index contributed by atoms with van der Waals surface area (Å²) in [5.74, 6) is 2.28. The number of hydrazone groups is 1. The minimum Gasteiger partial charge on any atom is -0.490 e. The SMILES string of the molecule is CCOc1ccc(COc2ccc(C=NNc3nc(C)cs3)cc2)cc1OCC. The Hall–Kier alpha value is -3.06. The number of aryl methyl sites for hydroxylation is 1. The average molecular weight is 412 g/mol. The van der Waals surface area contributed by atoms with Crippen molar-refractivity contribution in [3.63, 3.8) is 0 Å². The molecule has 1 aromatic heterocycles. The van der Waals surface area contributed by atoms with Gasteiger partial charge in [0, 0.05) is 5.38 Å². The topological polar surface area (TPSA) is 65.0 Å². The van der Waals surface area contributed by atoms with Gasteiger partial charge < -0.3 is 14.2 Å². The number of ether oxygens (including phenoxy) is 3. The van der Waals surface area contributed by atoms with Crippen LogP contribution < -0.4 is 19.6 Å². The van der Waals surface area contributed by atoms with Crippen molar-refractivity contribution in [2.24, 2.45) is 5.10 Å². The van der Waals surface area contributed by atoms with Crippen LogP contribution in [0.3, 0.4) is 0 Å². The zero-order chi connectivity index (χ0) is 20.5. The van der Waals surface area contributed by atoms with Crippen LogP contribution in [0.1, 0.15) is 30.7 Å². The van der Waals surface area contributed by atoms with E-state index in [0.717, 1.165) is 39.2 Å². The van der Waals surface area contributed by atoms with Crippen LogP contribution in [0.5, 0.6) is 17.2 Å². The number of hydrogen-bond acceptors (Lipinski definition) is 7. The minimum absolute atomic E-state index is 0.449. The molecule has 0 bridgehead atoms. The van der Waals surface area contributed by atoms with E-state index in [1.54, 1.807) is 6.21 Å². The van der Waals surface area contributed by atoms with E-state index in [9.17, 15) is 0 Å². The van der Waals surface area contributed by atoms with Crippen molar-refractivity contribution in [3.8, 4) is 17.2 Å². The molecule has 3 aromatic rings. The molecule has 0 radical (unpaired) electrons. The molecule has 0 spiro atoms. The fraction of sp³-hybridized carbons (Fsp3) is 0.273. The lowest BCUT2D eigenvalue weighted by Crippen LogP contribution is -2.01. The van der Waals surface area contributed by atoms with Crippen molar-refractivity contribution < 1.29 is 14.2 Å². The largest absolute Gasteiger partial charge is 0.490 e. The maximum atomic E-state index is 5.89. The first-order valence-electron chi connectivity index (χ1n) is 9.50. The highest BCUT2D eigenvalue weighted by atomic mass is 32.1. The highest BCUT2D eigenvalue weighted by molar-refractivity contribution is 7.13. The molecule has 1 heterocycles. The Bertz CT molecular complexity index is 939. The molecular weight excluding hydrogens is 386 g/mol. The molecular formula is C22H25N3O3S.